The molecule has 1 aromatic carbocycles. The molecule has 0 radical (unpaired) electrons. The predicted octanol–water partition coefficient (Wildman–Crippen LogP) is 3.23. The first-order valence-corrected chi connectivity index (χ1v) is 11.0. The molecule has 152 valence electrons. The van der Waals surface area contributed by atoms with E-state index < -0.39 is 5.54 Å². The van der Waals surface area contributed by atoms with Crippen LogP contribution in [-0.2, 0) is 10.2 Å². The first-order valence-electron chi connectivity index (χ1n) is 11.0. The third-order valence-corrected chi connectivity index (χ3v) is 8.55. The Morgan fingerprint density at radius 1 is 1.11 bits per heavy atom. The molecule has 1 aliphatic heterocycles. The van der Waals surface area contributed by atoms with E-state index in [1.54, 1.807) is 0 Å². The van der Waals surface area contributed by atoms with Crippen molar-refractivity contribution in [2.24, 2.45) is 22.5 Å². The van der Waals surface area contributed by atoms with E-state index >= 15 is 0 Å². The number of carbonyl (C=O) groups excluding carboxylic acids is 1. The molecule has 4 bridgehead atoms. The van der Waals surface area contributed by atoms with Crippen molar-refractivity contribution in [2.45, 2.75) is 69.2 Å². The maximum absolute atomic E-state index is 13.9. The van der Waals surface area contributed by atoms with E-state index in [0.29, 0.717) is 37.8 Å². The minimum Gasteiger partial charge on any atom is -0.394 e. The number of nitrogens with two attached hydrogens (primary N) is 1. The lowest BCUT2D eigenvalue weighted by molar-refractivity contribution is -0.172. The lowest BCUT2D eigenvalue weighted by Crippen LogP contribution is -2.64. The maximum Gasteiger partial charge on any atom is 0.228 e. The number of benzene rings is 1. The molecule has 0 spiro atoms. The highest BCUT2D eigenvalue weighted by atomic mass is 16.3. The van der Waals surface area contributed by atoms with Crippen LogP contribution in [0.3, 0.4) is 0 Å². The van der Waals surface area contributed by atoms with E-state index in [-0.39, 0.29) is 22.9 Å². The zero-order valence-electron chi connectivity index (χ0n) is 17.1. The Hall–Kier alpha value is -1.39. The number of hydrogen-bond donors (Lipinski definition) is 2. The quantitative estimate of drug-likeness (QED) is 0.843. The molecule has 1 amide bonds. The van der Waals surface area contributed by atoms with E-state index in [4.69, 9.17) is 5.73 Å². The fourth-order valence-corrected chi connectivity index (χ4v) is 7.92. The largest absolute Gasteiger partial charge is 0.394 e. The van der Waals surface area contributed by atoms with Gasteiger partial charge in [0.05, 0.1) is 12.0 Å². The van der Waals surface area contributed by atoms with Crippen molar-refractivity contribution < 1.29 is 9.90 Å². The van der Waals surface area contributed by atoms with Crippen LogP contribution in [0.2, 0.25) is 0 Å². The maximum atomic E-state index is 13.9. The molecule has 1 heterocycles. The van der Waals surface area contributed by atoms with Crippen molar-refractivity contribution in [3.05, 3.63) is 35.9 Å². The molecule has 2 unspecified atom stereocenters. The summed E-state index contributed by atoms with van der Waals surface area (Å²) in [4.78, 5) is 16.0. The summed E-state index contributed by atoms with van der Waals surface area (Å²) < 4.78 is 0. The predicted molar refractivity (Wildman–Crippen MR) is 110 cm³/mol. The topological polar surface area (TPSA) is 66.6 Å². The summed E-state index contributed by atoms with van der Waals surface area (Å²) in [7, 11) is 0. The Bertz CT molecular complexity index is 772. The van der Waals surface area contributed by atoms with E-state index in [1.165, 1.54) is 24.8 Å². The second-order valence-corrected chi connectivity index (χ2v) is 11.1. The summed E-state index contributed by atoms with van der Waals surface area (Å²) in [5, 5.41) is 9.57. The van der Waals surface area contributed by atoms with Gasteiger partial charge in [0.25, 0.3) is 0 Å². The van der Waals surface area contributed by atoms with Crippen LogP contribution in [0.1, 0.15) is 63.9 Å². The fraction of sp³-hybridized carbons (Fsp3) is 0.708. The highest BCUT2D eigenvalue weighted by Gasteiger charge is 2.65. The molecule has 5 aliphatic rings. The lowest BCUT2D eigenvalue weighted by atomic mass is 9.38. The SMILES string of the molecule is C[C@]12CC3CC(C(=O)N4CCC(N)(CO)CC4)(C1)C[C@@](c1ccccc1)(C3)C2. The van der Waals surface area contributed by atoms with Crippen LogP contribution in [0.25, 0.3) is 0 Å². The monoisotopic (exact) mass is 382 g/mol. The molecule has 4 atom stereocenters. The molecule has 4 heteroatoms. The smallest absolute Gasteiger partial charge is 0.228 e. The number of aliphatic hydroxyl groups is 1. The van der Waals surface area contributed by atoms with Gasteiger partial charge in [0.2, 0.25) is 5.91 Å². The van der Waals surface area contributed by atoms with Crippen LogP contribution in [0.4, 0.5) is 0 Å². The molecule has 4 saturated carbocycles. The van der Waals surface area contributed by atoms with Crippen LogP contribution in [0, 0.1) is 16.7 Å². The molecule has 0 aromatic heterocycles. The van der Waals surface area contributed by atoms with Crippen molar-refractivity contribution in [2.75, 3.05) is 19.7 Å². The lowest BCUT2D eigenvalue weighted by Gasteiger charge is -2.66. The molecule has 4 nitrogen and oxygen atoms in total. The number of likely N-dealkylation sites (tertiary alicyclic amines) is 1. The first-order chi connectivity index (χ1) is 13.3. The van der Waals surface area contributed by atoms with E-state index in [9.17, 15) is 9.90 Å². The van der Waals surface area contributed by atoms with Gasteiger partial charge >= 0.3 is 0 Å². The van der Waals surface area contributed by atoms with Gasteiger partial charge in [0.1, 0.15) is 0 Å². The summed E-state index contributed by atoms with van der Waals surface area (Å²) in [6, 6.07) is 11.0. The Labute approximate surface area is 168 Å². The molecular weight excluding hydrogens is 348 g/mol. The number of nitrogens with zero attached hydrogens (tertiary/aromatic N) is 1. The third-order valence-electron chi connectivity index (χ3n) is 8.55. The second kappa shape index (κ2) is 6.06. The fourth-order valence-electron chi connectivity index (χ4n) is 7.92. The van der Waals surface area contributed by atoms with Crippen LogP contribution in [0.5, 0.6) is 0 Å². The van der Waals surface area contributed by atoms with Crippen molar-refractivity contribution in [3.63, 3.8) is 0 Å². The van der Waals surface area contributed by atoms with E-state index in [2.05, 4.69) is 42.2 Å². The van der Waals surface area contributed by atoms with Crippen LogP contribution in [-0.4, -0.2) is 41.1 Å². The zero-order valence-corrected chi connectivity index (χ0v) is 17.1. The van der Waals surface area contributed by atoms with Gasteiger partial charge in [-0.25, -0.2) is 0 Å². The van der Waals surface area contributed by atoms with Gasteiger partial charge < -0.3 is 15.7 Å². The van der Waals surface area contributed by atoms with E-state index in [0.717, 1.165) is 19.3 Å². The van der Waals surface area contributed by atoms with Gasteiger partial charge in [0.15, 0.2) is 0 Å². The van der Waals surface area contributed by atoms with Crippen LogP contribution >= 0.6 is 0 Å². The van der Waals surface area contributed by atoms with Gasteiger partial charge in [-0.1, -0.05) is 37.3 Å². The number of piperidine rings is 1. The normalized spacial score (nSPS) is 41.2. The zero-order chi connectivity index (χ0) is 19.6. The number of hydrogen-bond acceptors (Lipinski definition) is 3. The molecule has 5 fully saturated rings. The number of aliphatic hydroxyl groups excluding tert-OH is 1. The minimum absolute atomic E-state index is 0.0113. The number of rotatable bonds is 3. The summed E-state index contributed by atoms with van der Waals surface area (Å²) in [5.74, 6) is 1.05. The van der Waals surface area contributed by atoms with E-state index in [1.807, 2.05) is 0 Å². The number of amides is 1. The summed E-state index contributed by atoms with van der Waals surface area (Å²) in [5.41, 5.74) is 7.45. The highest BCUT2D eigenvalue weighted by Crippen LogP contribution is 2.70. The Balaban J connectivity index is 1.46. The highest BCUT2D eigenvalue weighted by molar-refractivity contribution is 5.84. The summed E-state index contributed by atoms with van der Waals surface area (Å²) >= 11 is 0. The Morgan fingerprint density at radius 2 is 1.82 bits per heavy atom. The van der Waals surface area contributed by atoms with Crippen LogP contribution < -0.4 is 5.73 Å². The molecular formula is C24H34N2O2. The molecule has 28 heavy (non-hydrogen) atoms. The Kier molecular flexibility index (Phi) is 4.03. The Morgan fingerprint density at radius 3 is 2.46 bits per heavy atom. The van der Waals surface area contributed by atoms with Crippen molar-refractivity contribution in [3.8, 4) is 0 Å². The van der Waals surface area contributed by atoms with Gasteiger partial charge in [0, 0.05) is 18.6 Å². The first kappa shape index (κ1) is 18.6. The second-order valence-electron chi connectivity index (χ2n) is 11.1. The average Bonchev–Trinajstić information content (AvgIpc) is 2.67. The average molecular weight is 383 g/mol. The minimum atomic E-state index is -0.504. The third kappa shape index (κ3) is 2.75. The van der Waals surface area contributed by atoms with Crippen LogP contribution in [0.15, 0.2) is 30.3 Å². The van der Waals surface area contributed by atoms with Gasteiger partial charge in [-0.15, -0.1) is 0 Å². The van der Waals surface area contributed by atoms with Gasteiger partial charge in [-0.2, -0.15) is 0 Å². The summed E-state index contributed by atoms with van der Waals surface area (Å²) in [6.07, 6.45) is 8.30. The van der Waals surface area contributed by atoms with Crippen molar-refractivity contribution in [1.82, 2.24) is 4.90 Å². The summed E-state index contributed by atoms with van der Waals surface area (Å²) in [6.45, 7) is 3.83. The van der Waals surface area contributed by atoms with Crippen molar-refractivity contribution >= 4 is 5.91 Å². The standard InChI is InChI=1S/C24H34N2O2/c1-21-11-18-12-22(14-21,19-5-3-2-4-6-19)16-23(13-18,15-21)20(28)26-9-7-24(25,17-27)8-10-26/h2-6,18,27H,7-17,25H2,1H3/t18?,21-,22-,23?/m1/s1. The molecule has 1 aromatic rings. The van der Waals surface area contributed by atoms with Gasteiger partial charge in [-0.05, 0) is 73.7 Å². The number of carbonyl (C=O) groups is 1. The molecule has 3 N–H and O–H groups in total. The van der Waals surface area contributed by atoms with Crippen molar-refractivity contribution in [1.29, 1.82) is 0 Å². The van der Waals surface area contributed by atoms with Gasteiger partial charge in [-0.3, -0.25) is 4.79 Å². The molecule has 4 aliphatic carbocycles. The molecule has 1 saturated heterocycles. The molecule has 6 rings (SSSR count).